The molecule has 2 aromatic heterocycles. The number of carbonyl (C=O) groups is 4. The number of piperazine rings is 1. The number of halogens is 2. The molecule has 86 heavy (non-hydrogen) atoms. The van der Waals surface area contributed by atoms with Gasteiger partial charge in [0.15, 0.2) is 5.13 Å². The molecular formula is C63H79BrClN11O9S. The second-order valence-corrected chi connectivity index (χ2v) is 23.8. The summed E-state index contributed by atoms with van der Waals surface area (Å²) in [6.45, 7) is 11.7. The smallest absolute Gasteiger partial charge is 0.325 e. The first-order valence-electron chi connectivity index (χ1n) is 29.3. The largest absolute Gasteiger partial charge is 0.494 e. The van der Waals surface area contributed by atoms with Crippen LogP contribution in [0.2, 0.25) is 5.02 Å². The summed E-state index contributed by atoms with van der Waals surface area (Å²) in [5.41, 5.74) is 4.14. The van der Waals surface area contributed by atoms with Crippen LogP contribution in [0, 0.1) is 0 Å². The number of urea groups is 1. The minimum atomic E-state index is -0.826. The summed E-state index contributed by atoms with van der Waals surface area (Å²) in [7, 11) is 4.14. The van der Waals surface area contributed by atoms with E-state index in [4.69, 9.17) is 35.3 Å². The van der Waals surface area contributed by atoms with Crippen molar-refractivity contribution < 1.29 is 42.9 Å². The van der Waals surface area contributed by atoms with Crippen LogP contribution < -0.4 is 25.4 Å². The Kier molecular flexibility index (Phi) is 25.8. The predicted molar refractivity (Wildman–Crippen MR) is 337 cm³/mol. The molecule has 5 amide bonds. The molecule has 1 fully saturated rings. The molecule has 460 valence electrons. The van der Waals surface area contributed by atoms with Crippen LogP contribution >= 0.6 is 38.9 Å². The fraction of sp³-hybridized carbons (Fsp3) is 0.444. The van der Waals surface area contributed by atoms with E-state index in [1.54, 1.807) is 51.4 Å². The molecule has 2 aliphatic rings. The minimum absolute atomic E-state index is 0.0461. The Bertz CT molecular complexity index is 3090. The number of likely N-dealkylation sites (N-methyl/N-ethyl adjacent to an activating group) is 2. The van der Waals surface area contributed by atoms with E-state index in [0.29, 0.717) is 126 Å². The average Bonchev–Trinajstić information content (AvgIpc) is 2.52. The van der Waals surface area contributed by atoms with E-state index >= 15 is 0 Å². The van der Waals surface area contributed by atoms with E-state index in [0.717, 1.165) is 71.6 Å². The first-order valence-corrected chi connectivity index (χ1v) is 31.3. The van der Waals surface area contributed by atoms with Crippen molar-refractivity contribution in [1.82, 2.24) is 44.9 Å². The number of anilines is 2. The van der Waals surface area contributed by atoms with Gasteiger partial charge in [0.25, 0.3) is 0 Å². The van der Waals surface area contributed by atoms with E-state index in [2.05, 4.69) is 64.0 Å². The molecule has 23 heteroatoms. The SMILES string of the molecule is CN(CCCCOc1ccc(CCC(=O)N(C(C(=O)NCc2ccc(Cl)cc2)c2ccc(Br)cc2)C2(C)C=CC2)cc1)CCOCCOCCc1cn(CCOCCOc2ccc(NC(=O)Nc3nc(CC(=O)N4CCN(C)CC4)cs3)cc2)nn1. The molecule has 1 aliphatic heterocycles. The van der Waals surface area contributed by atoms with Crippen molar-refractivity contribution >= 4 is 73.4 Å². The standard InChI is InChI=1S/C63H79BrClN11O9S/c1-63(26-6-27-63)76(59(49-12-14-50(64)15-13-49)60(79)66-44-48-7-16-51(65)17-8-48)57(77)24-11-47-9-20-55(21-10-47)84-35-5-4-28-72(2)33-37-82-40-39-81-36-25-53-45-75(71-70-53)34-38-83-41-42-85-56-22-18-52(19-23-56)67-61(80)69-62-68-54(46-86-62)43-58(78)74-31-29-73(3)30-32-74/h6-10,12-23,26,45-46,59H,4-5,11,24-25,27-44H2,1-3H3,(H,66,79)(H2,67,68,69,80). The third-order valence-electron chi connectivity index (χ3n) is 14.8. The highest BCUT2D eigenvalue weighted by Gasteiger charge is 2.44. The van der Waals surface area contributed by atoms with Gasteiger partial charge in [0.05, 0.1) is 76.1 Å². The molecule has 0 bridgehead atoms. The molecule has 2 atom stereocenters. The lowest BCUT2D eigenvalue weighted by Crippen LogP contribution is -2.56. The molecule has 1 aliphatic carbocycles. The third-order valence-corrected chi connectivity index (χ3v) is 16.4. The zero-order valence-corrected chi connectivity index (χ0v) is 52.5. The van der Waals surface area contributed by atoms with Crippen LogP contribution in [0.3, 0.4) is 0 Å². The van der Waals surface area contributed by atoms with Gasteiger partial charge in [-0.2, -0.15) is 0 Å². The normalized spacial score (nSPS) is 15.3. The van der Waals surface area contributed by atoms with Crippen molar-refractivity contribution in [2.75, 3.05) is 117 Å². The number of thiazole rings is 1. The number of rotatable bonds is 35. The molecule has 4 aromatic carbocycles. The third kappa shape index (κ3) is 21.3. The number of amides is 5. The highest BCUT2D eigenvalue weighted by atomic mass is 79.9. The van der Waals surface area contributed by atoms with Gasteiger partial charge in [0.2, 0.25) is 17.7 Å². The first kappa shape index (κ1) is 65.2. The molecular weight excluding hydrogens is 1200 g/mol. The van der Waals surface area contributed by atoms with Crippen molar-refractivity contribution in [2.45, 2.75) is 76.5 Å². The lowest BCUT2D eigenvalue weighted by atomic mass is 9.82. The van der Waals surface area contributed by atoms with Crippen molar-refractivity contribution in [3.63, 3.8) is 0 Å². The molecule has 0 saturated carbocycles. The second kappa shape index (κ2) is 34.0. The molecule has 20 nitrogen and oxygen atoms in total. The van der Waals surface area contributed by atoms with Gasteiger partial charge in [-0.25, -0.2) is 14.5 Å². The summed E-state index contributed by atoms with van der Waals surface area (Å²) in [4.78, 5) is 66.1. The van der Waals surface area contributed by atoms with Crippen LogP contribution in [0.15, 0.2) is 125 Å². The van der Waals surface area contributed by atoms with Gasteiger partial charge in [-0.1, -0.05) is 81.3 Å². The van der Waals surface area contributed by atoms with Gasteiger partial charge >= 0.3 is 6.03 Å². The van der Waals surface area contributed by atoms with E-state index in [9.17, 15) is 19.2 Å². The number of nitrogens with one attached hydrogen (secondary N) is 3. The Hall–Kier alpha value is -6.76. The molecule has 0 spiro atoms. The van der Waals surface area contributed by atoms with Crippen LogP contribution in [-0.4, -0.2) is 175 Å². The maximum Gasteiger partial charge on any atom is 0.325 e. The van der Waals surface area contributed by atoms with Crippen molar-refractivity contribution in [2.24, 2.45) is 0 Å². The van der Waals surface area contributed by atoms with Crippen LogP contribution in [0.1, 0.15) is 66.7 Å². The van der Waals surface area contributed by atoms with Crippen molar-refractivity contribution in [3.05, 3.63) is 158 Å². The van der Waals surface area contributed by atoms with Crippen LogP contribution in [0.5, 0.6) is 11.5 Å². The Balaban J connectivity index is 0.612. The molecule has 8 rings (SSSR count). The van der Waals surface area contributed by atoms with Crippen LogP contribution in [-0.2, 0) is 60.9 Å². The molecule has 0 radical (unpaired) electrons. The minimum Gasteiger partial charge on any atom is -0.494 e. The van der Waals surface area contributed by atoms with Crippen LogP contribution in [0.25, 0.3) is 0 Å². The Morgan fingerprint density at radius 1 is 0.756 bits per heavy atom. The van der Waals surface area contributed by atoms with Crippen molar-refractivity contribution in [1.29, 1.82) is 0 Å². The maximum atomic E-state index is 14.3. The van der Waals surface area contributed by atoms with Gasteiger partial charge in [0, 0.05) is 78.9 Å². The first-order chi connectivity index (χ1) is 41.7. The van der Waals surface area contributed by atoms with Crippen molar-refractivity contribution in [3.8, 4) is 11.5 Å². The second-order valence-electron chi connectivity index (χ2n) is 21.5. The Morgan fingerprint density at radius 3 is 2.15 bits per heavy atom. The maximum absolute atomic E-state index is 14.3. The molecule has 6 aromatic rings. The van der Waals surface area contributed by atoms with Crippen LogP contribution in [0.4, 0.5) is 15.6 Å². The monoisotopic (exact) mass is 1280 g/mol. The summed E-state index contributed by atoms with van der Waals surface area (Å²) in [5, 5.41) is 19.9. The Morgan fingerprint density at radius 2 is 1.43 bits per heavy atom. The topological polar surface area (TPSA) is 207 Å². The lowest BCUT2D eigenvalue weighted by Gasteiger charge is -2.47. The summed E-state index contributed by atoms with van der Waals surface area (Å²) in [6.07, 6.45) is 10.1. The summed E-state index contributed by atoms with van der Waals surface area (Å²) < 4.78 is 31.9. The van der Waals surface area contributed by atoms with E-state index in [1.807, 2.05) is 97.9 Å². The predicted octanol–water partition coefficient (Wildman–Crippen LogP) is 9.11. The fourth-order valence-electron chi connectivity index (χ4n) is 9.64. The van der Waals surface area contributed by atoms with Gasteiger partial charge in [-0.15, -0.1) is 16.4 Å². The molecule has 3 N–H and O–H groups in total. The number of unbranched alkanes of at least 4 members (excludes halogenated alkanes) is 1. The van der Waals surface area contributed by atoms with Gasteiger partial charge in [0.1, 0.15) is 24.1 Å². The quantitative estimate of drug-likeness (QED) is 0.0251. The molecule has 3 heterocycles. The number of benzene rings is 4. The zero-order valence-electron chi connectivity index (χ0n) is 49.3. The summed E-state index contributed by atoms with van der Waals surface area (Å²) in [6, 6.07) is 28.7. The number of hydrogen-bond donors (Lipinski definition) is 3. The van der Waals surface area contributed by atoms with E-state index < -0.39 is 17.6 Å². The molecule has 2 unspecified atom stereocenters. The summed E-state index contributed by atoms with van der Waals surface area (Å²) in [5.74, 6) is 1.14. The highest BCUT2D eigenvalue weighted by Crippen LogP contribution is 2.38. The lowest BCUT2D eigenvalue weighted by molar-refractivity contribution is -0.146. The summed E-state index contributed by atoms with van der Waals surface area (Å²) >= 11 is 10.9. The van der Waals surface area contributed by atoms with E-state index in [-0.39, 0.29) is 30.6 Å². The number of ether oxygens (including phenoxy) is 5. The van der Waals surface area contributed by atoms with E-state index in [1.165, 1.54) is 11.3 Å². The van der Waals surface area contributed by atoms with Gasteiger partial charge in [-0.3, -0.25) is 19.7 Å². The number of carbonyl (C=O) groups excluding carboxylic acids is 4. The Labute approximate surface area is 521 Å². The van der Waals surface area contributed by atoms with Gasteiger partial charge in [-0.05, 0) is 131 Å². The highest BCUT2D eigenvalue weighted by molar-refractivity contribution is 9.10. The fourth-order valence-corrected chi connectivity index (χ4v) is 10.7. The zero-order chi connectivity index (χ0) is 60.5. The number of aryl methyl sites for hydroxylation is 1. The van der Waals surface area contributed by atoms with Gasteiger partial charge < -0.3 is 53.9 Å². The molecule has 1 saturated heterocycles. The number of aromatic nitrogens is 4. The average molecular weight is 1280 g/mol. The number of nitrogens with zero attached hydrogens (tertiary/aromatic N) is 8. The number of hydrogen-bond acceptors (Lipinski definition) is 15.